The Kier molecular flexibility index (Phi) is 37.2. The van der Waals surface area contributed by atoms with Gasteiger partial charge in [-0.05, 0) is 145 Å². The van der Waals surface area contributed by atoms with Gasteiger partial charge in [-0.15, -0.1) is 0 Å². The van der Waals surface area contributed by atoms with E-state index < -0.39 is 0 Å². The van der Waals surface area contributed by atoms with Crippen LogP contribution in [-0.4, -0.2) is 0 Å². The molecule has 0 aliphatic heterocycles. The monoisotopic (exact) mass is 929 g/mol. The molecule has 0 nitrogen and oxygen atoms in total. The summed E-state index contributed by atoms with van der Waals surface area (Å²) in [4.78, 5) is 0. The van der Waals surface area contributed by atoms with E-state index in [0.29, 0.717) is 0 Å². The molecule has 6 atom stereocenters. The van der Waals surface area contributed by atoms with E-state index in [0.717, 1.165) is 47.3 Å². The zero-order valence-electron chi connectivity index (χ0n) is 38.4. The van der Waals surface area contributed by atoms with Crippen LogP contribution in [-0.2, 0) is 0 Å². The number of aryl methyl sites for hydroxylation is 2. The summed E-state index contributed by atoms with van der Waals surface area (Å²) >= 11 is 0. The first kappa shape index (κ1) is 68.4. The van der Waals surface area contributed by atoms with Crippen molar-refractivity contribution < 1.29 is 0 Å². The van der Waals surface area contributed by atoms with Crippen molar-refractivity contribution in [2.45, 2.75) is 233 Å². The van der Waals surface area contributed by atoms with Gasteiger partial charge < -0.3 is 0 Å². The molecule has 0 bridgehead atoms. The van der Waals surface area contributed by atoms with Gasteiger partial charge in [0.05, 0.1) is 0 Å². The van der Waals surface area contributed by atoms with Gasteiger partial charge in [-0.3, -0.25) is 0 Å². The zero-order valence-corrected chi connectivity index (χ0v) is 38.4. The van der Waals surface area contributed by atoms with Gasteiger partial charge in [0.15, 0.2) is 0 Å². The minimum Gasteiger partial charge on any atom is -0.0776 e. The SMILES string of the molecule is C.C.C.C.C.C.C.C.CC1CCCC1c1ccccc1.CC1CCCC1c1ccccc1.CC1CCCC1c1ccccc1.Cc1ccccc1C1CCCC1.Cc1ccccc1C1CCCC1. The topological polar surface area (TPSA) is 0 Å². The molecule has 0 saturated heterocycles. The zero-order chi connectivity index (χ0) is 41.9. The van der Waals surface area contributed by atoms with E-state index in [-0.39, 0.29) is 59.4 Å². The Labute approximate surface area is 427 Å². The summed E-state index contributed by atoms with van der Waals surface area (Å²) < 4.78 is 0. The molecule has 5 aliphatic rings. The molecule has 5 saturated carbocycles. The van der Waals surface area contributed by atoms with Crippen molar-refractivity contribution in [1.82, 2.24) is 0 Å². The third kappa shape index (κ3) is 20.6. The first-order valence-corrected chi connectivity index (χ1v) is 24.6. The van der Waals surface area contributed by atoms with E-state index >= 15 is 0 Å². The van der Waals surface area contributed by atoms with Gasteiger partial charge in [-0.2, -0.15) is 0 Å². The highest BCUT2D eigenvalue weighted by molar-refractivity contribution is 5.31. The van der Waals surface area contributed by atoms with Crippen LogP contribution in [0.2, 0.25) is 0 Å². The van der Waals surface area contributed by atoms with Crippen LogP contribution in [0.4, 0.5) is 0 Å². The summed E-state index contributed by atoms with van der Waals surface area (Å²) in [6.45, 7) is 11.6. The molecule has 68 heavy (non-hydrogen) atoms. The van der Waals surface area contributed by atoms with Crippen LogP contribution in [0.25, 0.3) is 0 Å². The lowest BCUT2D eigenvalue weighted by atomic mass is 9.90. The van der Waals surface area contributed by atoms with Crippen molar-refractivity contribution in [2.75, 3.05) is 0 Å². The fourth-order valence-electron chi connectivity index (χ4n) is 11.6. The average Bonchev–Trinajstić information content (AvgIpc) is 4.16. The highest BCUT2D eigenvalue weighted by atomic mass is 14.3. The van der Waals surface area contributed by atoms with Crippen LogP contribution >= 0.6 is 0 Å². The maximum Gasteiger partial charge on any atom is -0.0136 e. The highest BCUT2D eigenvalue weighted by Crippen LogP contribution is 2.41. The summed E-state index contributed by atoms with van der Waals surface area (Å²) in [5.41, 5.74) is 10.8. The van der Waals surface area contributed by atoms with E-state index in [1.54, 1.807) is 27.8 Å². The van der Waals surface area contributed by atoms with Crippen LogP contribution in [0.3, 0.4) is 0 Å². The van der Waals surface area contributed by atoms with Crippen LogP contribution in [0.1, 0.15) is 258 Å². The van der Waals surface area contributed by atoms with Gasteiger partial charge in [-0.25, -0.2) is 0 Å². The van der Waals surface area contributed by atoms with Crippen molar-refractivity contribution in [1.29, 1.82) is 0 Å². The minimum atomic E-state index is 0. The summed E-state index contributed by atoms with van der Waals surface area (Å²) in [5.74, 6) is 6.94. The number of hydrogen-bond acceptors (Lipinski definition) is 0. The molecule has 0 heterocycles. The third-order valence-electron chi connectivity index (χ3n) is 15.2. The van der Waals surface area contributed by atoms with Crippen LogP contribution in [0.5, 0.6) is 0 Å². The summed E-state index contributed by atoms with van der Waals surface area (Å²) in [5, 5.41) is 0. The van der Waals surface area contributed by atoms with Crippen molar-refractivity contribution >= 4 is 0 Å². The molecule has 0 amide bonds. The quantitative estimate of drug-likeness (QED) is 0.165. The fraction of sp³-hybridized carbons (Fsp3) is 0.559. The van der Waals surface area contributed by atoms with Crippen molar-refractivity contribution in [3.05, 3.63) is 178 Å². The molecule has 5 fully saturated rings. The Morgan fingerprint density at radius 3 is 0.721 bits per heavy atom. The molecular formula is C68H112. The van der Waals surface area contributed by atoms with Crippen LogP contribution in [0.15, 0.2) is 140 Å². The minimum absolute atomic E-state index is 0. The molecule has 0 aromatic heterocycles. The molecule has 6 unspecified atom stereocenters. The molecule has 0 N–H and O–H groups in total. The third-order valence-corrected chi connectivity index (χ3v) is 15.2. The van der Waals surface area contributed by atoms with E-state index in [9.17, 15) is 0 Å². The molecule has 384 valence electrons. The molecular weight excluding hydrogens is 817 g/mol. The lowest BCUT2D eigenvalue weighted by Crippen LogP contribution is -2.00. The maximum absolute atomic E-state index is 2.38. The molecule has 5 aromatic carbocycles. The molecule has 0 radical (unpaired) electrons. The summed E-state index contributed by atoms with van der Waals surface area (Å²) in [7, 11) is 0. The Balaban J connectivity index is -0.000000754. The van der Waals surface area contributed by atoms with Gasteiger partial charge in [0.1, 0.15) is 0 Å². The average molecular weight is 930 g/mol. The lowest BCUT2D eigenvalue weighted by molar-refractivity contribution is 0.533. The Hall–Kier alpha value is -3.90. The first-order chi connectivity index (χ1) is 29.4. The second kappa shape index (κ2) is 37.0. The van der Waals surface area contributed by atoms with Crippen LogP contribution < -0.4 is 0 Å². The smallest absolute Gasteiger partial charge is 0.0136 e. The fourth-order valence-corrected chi connectivity index (χ4v) is 11.6. The highest BCUT2D eigenvalue weighted by Gasteiger charge is 2.26. The largest absolute Gasteiger partial charge is 0.0776 e. The van der Waals surface area contributed by atoms with E-state index in [1.165, 1.54) is 120 Å². The first-order valence-electron chi connectivity index (χ1n) is 24.6. The number of benzene rings is 5. The maximum atomic E-state index is 2.38. The normalized spacial score (nSPS) is 21.9. The molecule has 5 aromatic rings. The summed E-state index contributed by atoms with van der Waals surface area (Å²) in [6, 6.07) is 50.5. The van der Waals surface area contributed by atoms with E-state index in [4.69, 9.17) is 0 Å². The standard InChI is InChI=1S/5C12H16.8CH4/c2*1-10-6-2-5-9-12(10)11-7-3-4-8-11;3*1-10-6-5-9-12(10)11-7-3-2-4-8-11;;;;;;;;/h2*2,5-6,9,11H,3-4,7-8H2,1H3;3*2-4,7-8,10,12H,5-6,9H2,1H3;8*1H4. The predicted molar refractivity (Wildman–Crippen MR) is 315 cm³/mol. The van der Waals surface area contributed by atoms with Crippen molar-refractivity contribution in [2.24, 2.45) is 17.8 Å². The van der Waals surface area contributed by atoms with Gasteiger partial charge in [0.2, 0.25) is 0 Å². The van der Waals surface area contributed by atoms with Crippen molar-refractivity contribution in [3.63, 3.8) is 0 Å². The summed E-state index contributed by atoms with van der Waals surface area (Å²) in [6.07, 6.45) is 24.0. The molecule has 0 spiro atoms. The molecule has 5 aliphatic carbocycles. The van der Waals surface area contributed by atoms with Crippen molar-refractivity contribution in [3.8, 4) is 0 Å². The number of rotatable bonds is 5. The number of hydrogen-bond donors (Lipinski definition) is 0. The Morgan fingerprint density at radius 1 is 0.265 bits per heavy atom. The molecule has 0 heteroatoms. The molecule has 10 rings (SSSR count). The van der Waals surface area contributed by atoms with E-state index in [2.05, 4.69) is 174 Å². The van der Waals surface area contributed by atoms with Gasteiger partial charge in [-0.1, -0.05) is 284 Å². The van der Waals surface area contributed by atoms with Gasteiger partial charge >= 0.3 is 0 Å². The Morgan fingerprint density at radius 2 is 0.500 bits per heavy atom. The van der Waals surface area contributed by atoms with Gasteiger partial charge in [0, 0.05) is 0 Å². The van der Waals surface area contributed by atoms with E-state index in [1.807, 2.05) is 0 Å². The Bertz CT molecular complexity index is 1690. The predicted octanol–water partition coefficient (Wildman–Crippen LogP) is 23.2. The lowest BCUT2D eigenvalue weighted by Gasteiger charge is -2.14. The second-order valence-electron chi connectivity index (χ2n) is 19.5. The van der Waals surface area contributed by atoms with Crippen LogP contribution in [0, 0.1) is 31.6 Å². The second-order valence-corrected chi connectivity index (χ2v) is 19.5. The van der Waals surface area contributed by atoms with Gasteiger partial charge in [0.25, 0.3) is 0 Å².